The van der Waals surface area contributed by atoms with Gasteiger partial charge < -0.3 is 25.0 Å². The number of pyridine rings is 1. The van der Waals surface area contributed by atoms with E-state index in [2.05, 4.69) is 10.3 Å². The number of ether oxygens (including phenoxy) is 1. The van der Waals surface area contributed by atoms with Crippen molar-refractivity contribution in [3.05, 3.63) is 47.7 Å². The molecule has 32 heavy (non-hydrogen) atoms. The first-order valence-corrected chi connectivity index (χ1v) is 10.8. The second-order valence-corrected chi connectivity index (χ2v) is 8.54. The normalized spacial score (nSPS) is 19.4. The second-order valence-electron chi connectivity index (χ2n) is 8.54. The van der Waals surface area contributed by atoms with Gasteiger partial charge in [0.25, 0.3) is 11.8 Å². The van der Waals surface area contributed by atoms with E-state index < -0.39 is 0 Å². The standard InChI is InChI=1S/C24H32N4O4/c1-15-13-28(16(2)14-29)24(31)20-10-19(11-26-22(20)32-21(15)12-25-3)17-7-6-8-18(9-17)23(30)27(4)5/h6-11,15-16,21,25,29H,12-14H2,1-5H3/t15-,16-,21-/m0/s1. The number of aliphatic hydroxyl groups excluding tert-OH is 1. The zero-order chi connectivity index (χ0) is 23.4. The number of amides is 2. The van der Waals surface area contributed by atoms with E-state index in [0.29, 0.717) is 29.8 Å². The molecule has 2 aromatic rings. The lowest BCUT2D eigenvalue weighted by atomic mass is 9.99. The Hall–Kier alpha value is -2.97. The van der Waals surface area contributed by atoms with Crippen LogP contribution in [0.15, 0.2) is 36.5 Å². The summed E-state index contributed by atoms with van der Waals surface area (Å²) in [6, 6.07) is 8.66. The predicted octanol–water partition coefficient (Wildman–Crippen LogP) is 1.89. The first-order chi connectivity index (χ1) is 15.3. The van der Waals surface area contributed by atoms with Gasteiger partial charge in [-0.15, -0.1) is 0 Å². The lowest BCUT2D eigenvalue weighted by Crippen LogP contribution is -2.49. The summed E-state index contributed by atoms with van der Waals surface area (Å²) in [6.45, 7) is 4.79. The van der Waals surface area contributed by atoms with Crippen molar-refractivity contribution in [2.75, 3.05) is 40.8 Å². The van der Waals surface area contributed by atoms with E-state index in [1.54, 1.807) is 43.4 Å². The Morgan fingerprint density at radius 1 is 1.34 bits per heavy atom. The third kappa shape index (κ3) is 4.92. The number of rotatable bonds is 6. The van der Waals surface area contributed by atoms with Crippen LogP contribution in [0.5, 0.6) is 5.88 Å². The van der Waals surface area contributed by atoms with Gasteiger partial charge in [0.2, 0.25) is 5.88 Å². The summed E-state index contributed by atoms with van der Waals surface area (Å²) in [4.78, 5) is 33.5. The van der Waals surface area contributed by atoms with E-state index in [0.717, 1.165) is 5.56 Å². The number of carbonyl (C=O) groups is 2. The summed E-state index contributed by atoms with van der Waals surface area (Å²) in [5, 5.41) is 12.9. The van der Waals surface area contributed by atoms with E-state index in [9.17, 15) is 14.7 Å². The number of nitrogens with one attached hydrogen (secondary N) is 1. The SMILES string of the molecule is CNC[C@@H]1Oc2ncc(-c3cccc(C(=O)N(C)C)c3)cc2C(=O)N([C@@H](C)CO)C[C@@H]1C. The number of nitrogens with zero attached hydrogens (tertiary/aromatic N) is 3. The molecule has 8 nitrogen and oxygen atoms in total. The van der Waals surface area contributed by atoms with Gasteiger partial charge in [-0.05, 0) is 37.7 Å². The molecule has 0 saturated carbocycles. The fourth-order valence-corrected chi connectivity index (χ4v) is 3.79. The molecule has 0 fully saturated rings. The van der Waals surface area contributed by atoms with Crippen LogP contribution in [0.4, 0.5) is 0 Å². The van der Waals surface area contributed by atoms with Crippen molar-refractivity contribution < 1.29 is 19.4 Å². The fourth-order valence-electron chi connectivity index (χ4n) is 3.79. The second kappa shape index (κ2) is 10.1. The fraction of sp³-hybridized carbons (Fsp3) is 0.458. The Morgan fingerprint density at radius 3 is 2.75 bits per heavy atom. The van der Waals surface area contributed by atoms with Gasteiger partial charge >= 0.3 is 0 Å². The number of hydrogen-bond donors (Lipinski definition) is 2. The molecule has 0 spiro atoms. The average molecular weight is 441 g/mol. The Labute approximate surface area is 189 Å². The maximum absolute atomic E-state index is 13.5. The first kappa shape index (κ1) is 23.7. The zero-order valence-electron chi connectivity index (χ0n) is 19.3. The molecule has 2 amide bonds. The lowest BCUT2D eigenvalue weighted by Gasteiger charge is -2.36. The molecule has 1 aromatic carbocycles. The van der Waals surface area contributed by atoms with E-state index in [1.807, 2.05) is 33.0 Å². The van der Waals surface area contributed by atoms with Gasteiger partial charge in [0, 0.05) is 50.4 Å². The van der Waals surface area contributed by atoms with Crippen LogP contribution in [0.1, 0.15) is 34.6 Å². The van der Waals surface area contributed by atoms with Crippen molar-refractivity contribution in [2.45, 2.75) is 26.0 Å². The van der Waals surface area contributed by atoms with Crippen LogP contribution >= 0.6 is 0 Å². The summed E-state index contributed by atoms with van der Waals surface area (Å²) in [5.74, 6) is -0.00606. The third-order valence-corrected chi connectivity index (χ3v) is 5.78. The molecule has 1 aliphatic rings. The number of benzene rings is 1. The summed E-state index contributed by atoms with van der Waals surface area (Å²) in [5.41, 5.74) is 2.40. The number of aliphatic hydroxyl groups is 1. The van der Waals surface area contributed by atoms with Gasteiger partial charge in [0.15, 0.2) is 0 Å². The summed E-state index contributed by atoms with van der Waals surface area (Å²) < 4.78 is 6.16. The lowest BCUT2D eigenvalue weighted by molar-refractivity contribution is 0.0404. The Balaban J connectivity index is 2.07. The highest BCUT2D eigenvalue weighted by Gasteiger charge is 2.33. The van der Waals surface area contributed by atoms with Crippen molar-refractivity contribution in [3.8, 4) is 17.0 Å². The van der Waals surface area contributed by atoms with Crippen molar-refractivity contribution >= 4 is 11.8 Å². The van der Waals surface area contributed by atoms with Crippen LogP contribution in [-0.2, 0) is 0 Å². The molecule has 1 aliphatic heterocycles. The Bertz CT molecular complexity index is 978. The molecule has 0 radical (unpaired) electrons. The smallest absolute Gasteiger partial charge is 0.259 e. The monoisotopic (exact) mass is 440 g/mol. The number of likely N-dealkylation sites (N-methyl/N-ethyl adjacent to an activating group) is 1. The molecule has 0 saturated heterocycles. The minimum Gasteiger partial charge on any atom is -0.472 e. The van der Waals surface area contributed by atoms with Crippen molar-refractivity contribution in [3.63, 3.8) is 0 Å². The van der Waals surface area contributed by atoms with Crippen molar-refractivity contribution in [1.29, 1.82) is 0 Å². The van der Waals surface area contributed by atoms with Crippen molar-refractivity contribution in [2.24, 2.45) is 5.92 Å². The van der Waals surface area contributed by atoms with Gasteiger partial charge in [-0.3, -0.25) is 9.59 Å². The molecule has 0 unspecified atom stereocenters. The van der Waals surface area contributed by atoms with Crippen LogP contribution in [-0.4, -0.2) is 84.7 Å². The van der Waals surface area contributed by atoms with Crippen LogP contribution in [0.25, 0.3) is 11.1 Å². The van der Waals surface area contributed by atoms with Crippen LogP contribution in [0.2, 0.25) is 0 Å². The topological polar surface area (TPSA) is 95.0 Å². The Kier molecular flexibility index (Phi) is 7.48. The highest BCUT2D eigenvalue weighted by Crippen LogP contribution is 2.30. The molecule has 2 heterocycles. The highest BCUT2D eigenvalue weighted by atomic mass is 16.5. The van der Waals surface area contributed by atoms with Crippen LogP contribution < -0.4 is 10.1 Å². The summed E-state index contributed by atoms with van der Waals surface area (Å²) >= 11 is 0. The van der Waals surface area contributed by atoms with Gasteiger partial charge in [-0.25, -0.2) is 4.98 Å². The molecule has 3 atom stereocenters. The molecule has 172 valence electrons. The maximum atomic E-state index is 13.5. The number of fused-ring (bicyclic) bond motifs is 1. The van der Waals surface area contributed by atoms with E-state index in [4.69, 9.17) is 4.74 Å². The number of aromatic nitrogens is 1. The molecule has 0 bridgehead atoms. The molecule has 2 N–H and O–H groups in total. The molecular formula is C24H32N4O4. The van der Waals surface area contributed by atoms with Crippen LogP contribution in [0, 0.1) is 5.92 Å². The molecule has 8 heteroatoms. The highest BCUT2D eigenvalue weighted by molar-refractivity contribution is 5.98. The minimum atomic E-state index is -0.337. The van der Waals surface area contributed by atoms with E-state index in [1.165, 1.54) is 4.90 Å². The average Bonchev–Trinajstić information content (AvgIpc) is 2.80. The van der Waals surface area contributed by atoms with Gasteiger partial charge in [0.1, 0.15) is 11.7 Å². The minimum absolute atomic E-state index is 0.0451. The molecule has 3 rings (SSSR count). The molecule has 0 aliphatic carbocycles. The third-order valence-electron chi connectivity index (χ3n) is 5.78. The Morgan fingerprint density at radius 2 is 2.09 bits per heavy atom. The maximum Gasteiger partial charge on any atom is 0.259 e. The van der Waals surface area contributed by atoms with Gasteiger partial charge in [0.05, 0.1) is 12.6 Å². The van der Waals surface area contributed by atoms with Gasteiger partial charge in [-0.1, -0.05) is 19.1 Å². The number of carbonyl (C=O) groups excluding carboxylic acids is 2. The van der Waals surface area contributed by atoms with Gasteiger partial charge in [-0.2, -0.15) is 0 Å². The summed E-state index contributed by atoms with van der Waals surface area (Å²) in [6.07, 6.45) is 1.48. The molecular weight excluding hydrogens is 408 g/mol. The zero-order valence-corrected chi connectivity index (χ0v) is 19.3. The number of hydrogen-bond acceptors (Lipinski definition) is 6. The van der Waals surface area contributed by atoms with E-state index in [-0.39, 0.29) is 42.4 Å². The quantitative estimate of drug-likeness (QED) is 0.712. The predicted molar refractivity (Wildman–Crippen MR) is 123 cm³/mol. The largest absolute Gasteiger partial charge is 0.472 e. The van der Waals surface area contributed by atoms with E-state index >= 15 is 0 Å². The summed E-state index contributed by atoms with van der Waals surface area (Å²) in [7, 11) is 5.27. The molecule has 1 aromatic heterocycles. The van der Waals surface area contributed by atoms with Crippen LogP contribution in [0.3, 0.4) is 0 Å². The first-order valence-electron chi connectivity index (χ1n) is 10.8. The van der Waals surface area contributed by atoms with Crippen molar-refractivity contribution in [1.82, 2.24) is 20.1 Å².